The molecule has 14 heteroatoms. The molecule has 1 saturated carbocycles. The van der Waals surface area contributed by atoms with E-state index in [-0.39, 0.29) is 35.0 Å². The number of nitrogens with two attached hydrogens (primary N) is 1. The molecule has 0 unspecified atom stereocenters. The second kappa shape index (κ2) is 11.6. The number of fused-ring (bicyclic) bond motifs is 4. The van der Waals surface area contributed by atoms with E-state index >= 15 is 0 Å². The third kappa shape index (κ3) is 4.89. The number of carbonyl (C=O) groups is 4. The smallest absolute Gasteiger partial charge is 0.352 e. The van der Waals surface area contributed by atoms with Gasteiger partial charge in [-0.3, -0.25) is 24.2 Å². The van der Waals surface area contributed by atoms with Crippen LogP contribution in [0.15, 0.2) is 58.1 Å². The Labute approximate surface area is 270 Å². The second-order valence-corrected chi connectivity index (χ2v) is 13.2. The van der Waals surface area contributed by atoms with Gasteiger partial charge in [0.1, 0.15) is 29.0 Å². The number of thiazole rings is 1. The van der Waals surface area contributed by atoms with Crippen LogP contribution >= 0.6 is 34.7 Å². The van der Waals surface area contributed by atoms with E-state index in [9.17, 15) is 24.3 Å². The number of nitrogens with zero attached hydrogens (tertiary/aromatic N) is 4. The number of thioether (sulfide) groups is 1. The summed E-state index contributed by atoms with van der Waals surface area (Å²) in [5.41, 5.74) is 11.8. The molecule has 3 aromatic rings. The summed E-state index contributed by atoms with van der Waals surface area (Å²) in [6.07, 6.45) is 3.55. The Kier molecular flexibility index (Phi) is 7.62. The average Bonchev–Trinajstić information content (AvgIpc) is 3.83. The van der Waals surface area contributed by atoms with Crippen molar-refractivity contribution in [1.82, 2.24) is 9.88 Å². The van der Waals surface area contributed by atoms with Crippen molar-refractivity contribution in [3.8, 4) is 11.1 Å². The fourth-order valence-electron chi connectivity index (χ4n) is 6.31. The highest BCUT2D eigenvalue weighted by Crippen LogP contribution is 2.47. The van der Waals surface area contributed by atoms with Gasteiger partial charge < -0.3 is 15.7 Å². The van der Waals surface area contributed by atoms with Crippen molar-refractivity contribution < 1.29 is 29.1 Å². The van der Waals surface area contributed by atoms with Crippen LogP contribution in [0.5, 0.6) is 0 Å². The van der Waals surface area contributed by atoms with Crippen LogP contribution in [0.25, 0.3) is 16.7 Å². The summed E-state index contributed by atoms with van der Waals surface area (Å²) in [7, 11) is 0. The van der Waals surface area contributed by atoms with Gasteiger partial charge in [0.25, 0.3) is 11.8 Å². The lowest BCUT2D eigenvalue weighted by atomic mass is 9.95. The number of halogens is 1. The van der Waals surface area contributed by atoms with Crippen LogP contribution in [0.1, 0.15) is 52.7 Å². The minimum absolute atomic E-state index is 0.116. The monoisotopic (exact) mass is 663 g/mol. The number of carbonyl (C=O) groups excluding carboxylic acids is 3. The molecule has 0 spiro atoms. The molecule has 2 aromatic carbocycles. The Hall–Kier alpha value is -4.20. The Morgan fingerprint density at radius 1 is 1.11 bits per heavy atom. The number of β-lactam (4-membered cyclic amide) rings is 1. The van der Waals surface area contributed by atoms with Gasteiger partial charge in [-0.25, -0.2) is 9.78 Å². The molecular formula is C31H26ClN5O6S2. The number of rotatable bonds is 7. The molecule has 0 bridgehead atoms. The van der Waals surface area contributed by atoms with Crippen molar-refractivity contribution in [3.63, 3.8) is 0 Å². The molecule has 2 aliphatic carbocycles. The van der Waals surface area contributed by atoms with Crippen LogP contribution in [0.4, 0.5) is 5.82 Å². The first-order valence-corrected chi connectivity index (χ1v) is 16.8. The lowest BCUT2D eigenvalue weighted by molar-refractivity contribution is -0.148. The first-order chi connectivity index (χ1) is 21.8. The van der Waals surface area contributed by atoms with Gasteiger partial charge in [-0.1, -0.05) is 23.4 Å². The molecule has 4 aliphatic rings. The Bertz CT molecular complexity index is 1820. The molecular weight excluding hydrogens is 638 g/mol. The highest BCUT2D eigenvalue weighted by molar-refractivity contribution is 8.00. The molecule has 0 radical (unpaired) electrons. The number of alkyl halides is 1. The number of ketones is 1. The number of amidine groups is 1. The number of anilines is 1. The maximum absolute atomic E-state index is 13.8. The topological polar surface area (TPSA) is 155 Å². The summed E-state index contributed by atoms with van der Waals surface area (Å²) in [5, 5.41) is 15.2. The van der Waals surface area contributed by atoms with E-state index in [1.165, 1.54) is 38.4 Å². The zero-order valence-corrected chi connectivity index (χ0v) is 26.0. The normalized spacial score (nSPS) is 20.9. The van der Waals surface area contributed by atoms with Gasteiger partial charge in [0, 0.05) is 33.7 Å². The van der Waals surface area contributed by atoms with Gasteiger partial charge in [0.2, 0.25) is 5.84 Å². The van der Waals surface area contributed by atoms with Gasteiger partial charge in [-0.2, -0.15) is 0 Å². The van der Waals surface area contributed by atoms with E-state index in [2.05, 4.69) is 10.1 Å². The number of aliphatic carboxylic acids is 1. The number of hydrogen-bond donors (Lipinski definition) is 2. The number of benzene rings is 2. The predicted octanol–water partition coefficient (Wildman–Crippen LogP) is 4.44. The highest BCUT2D eigenvalue weighted by atomic mass is 35.5. The molecule has 2 aliphatic heterocycles. The summed E-state index contributed by atoms with van der Waals surface area (Å²) in [4.78, 5) is 65.3. The van der Waals surface area contributed by atoms with E-state index in [4.69, 9.17) is 22.2 Å². The average molecular weight is 664 g/mol. The number of oxime groups is 1. The molecule has 2 fully saturated rings. The predicted molar refractivity (Wildman–Crippen MR) is 171 cm³/mol. The van der Waals surface area contributed by atoms with Gasteiger partial charge in [0.05, 0.1) is 5.51 Å². The zero-order valence-electron chi connectivity index (χ0n) is 23.6. The van der Waals surface area contributed by atoms with Crippen molar-refractivity contribution in [2.45, 2.75) is 49.1 Å². The Balaban J connectivity index is 1.21. The third-order valence-corrected chi connectivity index (χ3v) is 10.7. The number of carboxylic acids is 1. The maximum atomic E-state index is 13.8. The van der Waals surface area contributed by atoms with Crippen LogP contribution in [-0.2, 0) is 25.1 Å². The van der Waals surface area contributed by atoms with Crippen molar-refractivity contribution >= 4 is 75.5 Å². The zero-order chi connectivity index (χ0) is 31.4. The van der Waals surface area contributed by atoms with Gasteiger partial charge >= 0.3 is 5.97 Å². The quantitative estimate of drug-likeness (QED) is 0.0960. The van der Waals surface area contributed by atoms with E-state index in [1.807, 2.05) is 12.1 Å². The SMILES string of the molecule is N/C(=N\OC1CCCC1)C(=O)N(c1cscn1)[C@@H]1C(=O)N2C(C(=O)O)=C(c3ccc4c(c3)-c3ccc(CCl)cc3C4=O)CS[C@@H]12. The van der Waals surface area contributed by atoms with Crippen LogP contribution in [0, 0.1) is 0 Å². The number of hydrogen-bond acceptors (Lipinski definition) is 9. The standard InChI is InChI=1S/C31H26ClN5O6S2/c32-11-15-5-7-18-20-10-16(6-8-19(20)26(38)21(18)9-15)22-12-45-30-25(28(39)37(30)24(22)31(41)42)36(23-13-44-14-34-23)29(40)27(33)35-43-17-3-1-2-4-17/h5-10,13-14,17,25,30H,1-4,11-12H2,(H2,33,35)(H,41,42)/t25-,30+/m1/s1. The number of carboxylic acid groups (broad SMARTS) is 1. The van der Waals surface area contributed by atoms with Gasteiger partial charge in [0.15, 0.2) is 5.78 Å². The second-order valence-electron chi connectivity index (χ2n) is 11.1. The van der Waals surface area contributed by atoms with E-state index < -0.39 is 35.0 Å². The van der Waals surface area contributed by atoms with Gasteiger partial charge in [-0.15, -0.1) is 34.7 Å². The lowest BCUT2D eigenvalue weighted by Crippen LogP contribution is -2.72. The number of aromatic nitrogens is 1. The van der Waals surface area contributed by atoms with E-state index in [1.54, 1.807) is 29.6 Å². The van der Waals surface area contributed by atoms with E-state index in [0.29, 0.717) is 27.8 Å². The van der Waals surface area contributed by atoms with Gasteiger partial charge in [-0.05, 0) is 66.1 Å². The molecule has 45 heavy (non-hydrogen) atoms. The summed E-state index contributed by atoms with van der Waals surface area (Å²) >= 11 is 8.56. The molecule has 2 atom stereocenters. The van der Waals surface area contributed by atoms with Crippen molar-refractivity contribution in [2.24, 2.45) is 10.9 Å². The van der Waals surface area contributed by atoms with Crippen LogP contribution in [-0.4, -0.2) is 67.7 Å². The summed E-state index contributed by atoms with van der Waals surface area (Å²) in [5.74, 6) is -2.40. The van der Waals surface area contributed by atoms with Crippen LogP contribution in [0.2, 0.25) is 0 Å². The maximum Gasteiger partial charge on any atom is 0.352 e. The van der Waals surface area contributed by atoms with Crippen LogP contribution < -0.4 is 10.6 Å². The molecule has 1 aromatic heterocycles. The molecule has 3 heterocycles. The van der Waals surface area contributed by atoms with E-state index in [0.717, 1.165) is 36.8 Å². The summed E-state index contributed by atoms with van der Waals surface area (Å²) in [6.45, 7) is 0. The fraction of sp³-hybridized carbons (Fsp3) is 0.290. The molecule has 230 valence electrons. The largest absolute Gasteiger partial charge is 0.477 e. The Morgan fingerprint density at radius 3 is 2.60 bits per heavy atom. The van der Waals surface area contributed by atoms with Crippen molar-refractivity contribution in [1.29, 1.82) is 0 Å². The van der Waals surface area contributed by atoms with Crippen molar-refractivity contribution in [3.05, 3.63) is 75.2 Å². The lowest BCUT2D eigenvalue weighted by Gasteiger charge is -2.52. The molecule has 1 saturated heterocycles. The first kappa shape index (κ1) is 29.5. The molecule has 7 rings (SSSR count). The highest BCUT2D eigenvalue weighted by Gasteiger charge is 2.58. The van der Waals surface area contributed by atoms with Crippen molar-refractivity contribution in [2.75, 3.05) is 10.7 Å². The van der Waals surface area contributed by atoms with Crippen LogP contribution in [0.3, 0.4) is 0 Å². The summed E-state index contributed by atoms with van der Waals surface area (Å²) < 4.78 is 0. The number of amides is 2. The summed E-state index contributed by atoms with van der Waals surface area (Å²) in [6, 6.07) is 9.62. The minimum atomic E-state index is -1.27. The minimum Gasteiger partial charge on any atom is -0.477 e. The molecule has 11 nitrogen and oxygen atoms in total. The Morgan fingerprint density at radius 2 is 1.89 bits per heavy atom. The first-order valence-electron chi connectivity index (χ1n) is 14.3. The third-order valence-electron chi connectivity index (χ3n) is 8.51. The molecule has 3 N–H and O–H groups in total. The molecule has 2 amide bonds. The fourth-order valence-corrected chi connectivity index (χ4v) is 8.42.